The molecule has 0 spiro atoms. The van der Waals surface area contributed by atoms with Gasteiger partial charge in [-0.05, 0) is 24.6 Å². The first-order chi connectivity index (χ1) is 12.5. The molecule has 26 heavy (non-hydrogen) atoms. The van der Waals surface area contributed by atoms with E-state index in [1.54, 1.807) is 18.2 Å². The van der Waals surface area contributed by atoms with Crippen molar-refractivity contribution in [2.24, 2.45) is 0 Å². The van der Waals surface area contributed by atoms with Crippen molar-refractivity contribution in [2.45, 2.75) is 13.0 Å². The first-order valence-corrected chi connectivity index (χ1v) is 8.69. The van der Waals surface area contributed by atoms with Gasteiger partial charge < -0.3 is 10.6 Å². The summed E-state index contributed by atoms with van der Waals surface area (Å²) in [5.41, 5.74) is 1.99. The smallest absolute Gasteiger partial charge is 0.254 e. The van der Waals surface area contributed by atoms with E-state index in [0.717, 1.165) is 5.56 Å². The predicted molar refractivity (Wildman–Crippen MR) is 104 cm³/mol. The van der Waals surface area contributed by atoms with Crippen LogP contribution < -0.4 is 10.6 Å². The topological polar surface area (TPSA) is 66.9 Å². The van der Waals surface area contributed by atoms with Crippen LogP contribution in [0.25, 0.3) is 0 Å². The zero-order valence-electron chi connectivity index (χ0n) is 13.9. The number of hydrogen-bond acceptors (Lipinski definition) is 4. The molecule has 0 saturated carbocycles. The molecule has 0 aliphatic carbocycles. The molecular weight excluding hydrogens is 371 g/mol. The summed E-state index contributed by atoms with van der Waals surface area (Å²) in [6, 6.07) is 14.8. The van der Waals surface area contributed by atoms with E-state index in [1.807, 2.05) is 37.3 Å². The van der Waals surface area contributed by atoms with Crippen molar-refractivity contribution >= 4 is 40.7 Å². The van der Waals surface area contributed by atoms with Crippen LogP contribution in [0.5, 0.6) is 0 Å². The molecule has 1 amide bonds. The fourth-order valence-corrected chi connectivity index (χ4v) is 2.68. The van der Waals surface area contributed by atoms with Crippen LogP contribution in [0.15, 0.2) is 60.9 Å². The molecule has 0 bridgehead atoms. The molecule has 0 aliphatic heterocycles. The van der Waals surface area contributed by atoms with Gasteiger partial charge in [0.05, 0.1) is 27.3 Å². The van der Waals surface area contributed by atoms with Crippen LogP contribution in [0, 0.1) is 0 Å². The van der Waals surface area contributed by atoms with Gasteiger partial charge in [0, 0.05) is 12.4 Å². The van der Waals surface area contributed by atoms with Gasteiger partial charge in [0.15, 0.2) is 0 Å². The number of nitrogens with one attached hydrogen (secondary N) is 2. The van der Waals surface area contributed by atoms with Crippen LogP contribution in [-0.4, -0.2) is 15.9 Å². The van der Waals surface area contributed by atoms with Crippen molar-refractivity contribution in [1.29, 1.82) is 0 Å². The summed E-state index contributed by atoms with van der Waals surface area (Å²) in [5, 5.41) is 6.71. The molecular formula is C19H16Cl2N4O. The number of nitrogens with zero attached hydrogens (tertiary/aromatic N) is 2. The molecule has 2 aromatic carbocycles. The lowest BCUT2D eigenvalue weighted by Gasteiger charge is -2.14. The number of hydrogen-bond donors (Lipinski definition) is 2. The molecule has 7 heteroatoms. The third-order valence-electron chi connectivity index (χ3n) is 3.76. The quantitative estimate of drug-likeness (QED) is 0.645. The second-order valence-corrected chi connectivity index (χ2v) is 6.41. The van der Waals surface area contributed by atoms with Crippen molar-refractivity contribution in [2.75, 3.05) is 5.32 Å². The standard InChI is InChI=1S/C19H16Cl2N4O/c1-12(13-6-3-2-4-7-13)24-18(26)14-10-22-19(23-11-14)25-16-9-5-8-15(20)17(16)21/h2-12H,1H3,(H,24,26)(H,22,23,25). The van der Waals surface area contributed by atoms with Crippen LogP contribution in [0.1, 0.15) is 28.9 Å². The normalized spacial score (nSPS) is 11.7. The van der Waals surface area contributed by atoms with Gasteiger partial charge in [0.2, 0.25) is 5.95 Å². The lowest BCUT2D eigenvalue weighted by molar-refractivity contribution is 0.0939. The van der Waals surface area contributed by atoms with E-state index in [0.29, 0.717) is 27.2 Å². The SMILES string of the molecule is CC(NC(=O)c1cnc(Nc2cccc(Cl)c2Cl)nc1)c1ccccc1. The summed E-state index contributed by atoms with van der Waals surface area (Å²) in [4.78, 5) is 20.7. The largest absolute Gasteiger partial charge is 0.345 e. The van der Waals surface area contributed by atoms with Gasteiger partial charge in [-0.15, -0.1) is 0 Å². The van der Waals surface area contributed by atoms with E-state index in [4.69, 9.17) is 23.2 Å². The van der Waals surface area contributed by atoms with E-state index < -0.39 is 0 Å². The van der Waals surface area contributed by atoms with Crippen LogP contribution in [-0.2, 0) is 0 Å². The monoisotopic (exact) mass is 386 g/mol. The van der Waals surface area contributed by atoms with Crippen molar-refractivity contribution in [3.8, 4) is 0 Å². The molecule has 132 valence electrons. The fraction of sp³-hybridized carbons (Fsp3) is 0.105. The van der Waals surface area contributed by atoms with Crippen molar-refractivity contribution < 1.29 is 4.79 Å². The average molecular weight is 387 g/mol. The molecule has 0 radical (unpaired) electrons. The highest BCUT2D eigenvalue weighted by Gasteiger charge is 2.13. The summed E-state index contributed by atoms with van der Waals surface area (Å²) in [6.45, 7) is 1.92. The highest BCUT2D eigenvalue weighted by Crippen LogP contribution is 2.30. The first kappa shape index (κ1) is 18.2. The summed E-state index contributed by atoms with van der Waals surface area (Å²) in [7, 11) is 0. The highest BCUT2D eigenvalue weighted by molar-refractivity contribution is 6.43. The Hall–Kier alpha value is -2.63. The van der Waals surface area contributed by atoms with Gasteiger partial charge in [-0.1, -0.05) is 59.6 Å². The molecule has 0 saturated heterocycles. The zero-order valence-corrected chi connectivity index (χ0v) is 15.4. The van der Waals surface area contributed by atoms with Crippen molar-refractivity contribution in [3.05, 3.63) is 82.1 Å². The molecule has 0 aliphatic rings. The maximum Gasteiger partial charge on any atom is 0.254 e. The lowest BCUT2D eigenvalue weighted by atomic mass is 10.1. The molecule has 0 fully saturated rings. The van der Waals surface area contributed by atoms with Crippen molar-refractivity contribution in [3.63, 3.8) is 0 Å². The van der Waals surface area contributed by atoms with Crippen LogP contribution in [0.2, 0.25) is 10.0 Å². The maximum atomic E-state index is 12.3. The van der Waals surface area contributed by atoms with Gasteiger partial charge in [-0.25, -0.2) is 9.97 Å². The number of amides is 1. The van der Waals surface area contributed by atoms with Crippen LogP contribution in [0.4, 0.5) is 11.6 Å². The van der Waals surface area contributed by atoms with Crippen LogP contribution in [0.3, 0.4) is 0 Å². The predicted octanol–water partition coefficient (Wildman–Crippen LogP) is 5.02. The molecule has 1 aromatic heterocycles. The maximum absolute atomic E-state index is 12.3. The molecule has 3 aromatic rings. The second kappa shape index (κ2) is 8.17. The van der Waals surface area contributed by atoms with E-state index in [2.05, 4.69) is 20.6 Å². The number of halogens is 2. The zero-order chi connectivity index (χ0) is 18.5. The number of aromatic nitrogens is 2. The van der Waals surface area contributed by atoms with Crippen molar-refractivity contribution in [1.82, 2.24) is 15.3 Å². The third-order valence-corrected chi connectivity index (χ3v) is 4.58. The number of rotatable bonds is 5. The molecule has 1 unspecified atom stereocenters. The minimum Gasteiger partial charge on any atom is -0.345 e. The average Bonchev–Trinajstić information content (AvgIpc) is 2.66. The molecule has 3 rings (SSSR count). The Morgan fingerprint density at radius 3 is 2.38 bits per heavy atom. The number of benzene rings is 2. The van der Waals surface area contributed by atoms with Gasteiger partial charge in [-0.2, -0.15) is 0 Å². The Balaban J connectivity index is 1.67. The first-order valence-electron chi connectivity index (χ1n) is 7.93. The molecule has 1 atom stereocenters. The summed E-state index contributed by atoms with van der Waals surface area (Å²) < 4.78 is 0. The van der Waals surface area contributed by atoms with E-state index in [-0.39, 0.29) is 11.9 Å². The Morgan fingerprint density at radius 1 is 1.00 bits per heavy atom. The summed E-state index contributed by atoms with van der Waals surface area (Å²) in [6.07, 6.45) is 2.92. The van der Waals surface area contributed by atoms with E-state index in [1.165, 1.54) is 12.4 Å². The van der Waals surface area contributed by atoms with Crippen LogP contribution >= 0.6 is 23.2 Å². The van der Waals surface area contributed by atoms with Gasteiger partial charge in [0.1, 0.15) is 0 Å². The minimum atomic E-state index is -0.242. The second-order valence-electron chi connectivity index (χ2n) is 5.63. The summed E-state index contributed by atoms with van der Waals surface area (Å²) >= 11 is 12.1. The van der Waals surface area contributed by atoms with Gasteiger partial charge >= 0.3 is 0 Å². The Labute approximate surface area is 161 Å². The summed E-state index contributed by atoms with van der Waals surface area (Å²) in [5.74, 6) is 0.0792. The van der Waals surface area contributed by atoms with Gasteiger partial charge in [-0.3, -0.25) is 4.79 Å². The molecule has 2 N–H and O–H groups in total. The Morgan fingerprint density at radius 2 is 1.69 bits per heavy atom. The highest BCUT2D eigenvalue weighted by atomic mass is 35.5. The number of anilines is 2. The minimum absolute atomic E-state index is 0.119. The Bertz CT molecular complexity index is 901. The third kappa shape index (κ3) is 4.31. The van der Waals surface area contributed by atoms with E-state index >= 15 is 0 Å². The molecule has 5 nitrogen and oxygen atoms in total. The molecule has 1 heterocycles. The van der Waals surface area contributed by atoms with E-state index in [9.17, 15) is 4.79 Å². The number of carbonyl (C=O) groups is 1. The lowest BCUT2D eigenvalue weighted by Crippen LogP contribution is -2.26. The number of carbonyl (C=O) groups excluding carboxylic acids is 1. The van der Waals surface area contributed by atoms with Gasteiger partial charge in [0.25, 0.3) is 5.91 Å². The Kier molecular flexibility index (Phi) is 5.71. The fourth-order valence-electron chi connectivity index (χ4n) is 2.34.